The molecule has 1 aromatic carbocycles. The Morgan fingerprint density at radius 2 is 2.10 bits per heavy atom. The van der Waals surface area contributed by atoms with Gasteiger partial charge in [0.05, 0.1) is 5.69 Å². The first-order valence-electron chi connectivity index (χ1n) is 7.64. The van der Waals surface area contributed by atoms with Gasteiger partial charge >= 0.3 is 5.76 Å². The maximum absolute atomic E-state index is 12.1. The Morgan fingerprint density at radius 3 is 2.90 bits per heavy atom. The summed E-state index contributed by atoms with van der Waals surface area (Å²) >= 11 is 0. The highest BCUT2D eigenvalue weighted by molar-refractivity contribution is 5.98. The number of benzene rings is 1. The molecule has 0 spiro atoms. The van der Waals surface area contributed by atoms with Crippen molar-refractivity contribution in [3.63, 3.8) is 0 Å². The van der Waals surface area contributed by atoms with Crippen molar-refractivity contribution >= 4 is 22.7 Å². The van der Waals surface area contributed by atoms with E-state index < -0.39 is 5.76 Å². The first-order valence-corrected chi connectivity index (χ1v) is 7.64. The maximum atomic E-state index is 12.1. The standard InChI is InChI=1S/C16H20N2O3/c19-14(10-9-11-5-2-1-3-6-11)17-12-7-4-8-13-15(12)18-16(20)21-13/h4,7-8,11H,1-3,5-6,9-10H2,(H,17,19)(H,18,20). The number of para-hydroxylation sites is 1. The summed E-state index contributed by atoms with van der Waals surface area (Å²) in [5.41, 5.74) is 1.62. The van der Waals surface area contributed by atoms with Crippen LogP contribution in [0.4, 0.5) is 5.69 Å². The van der Waals surface area contributed by atoms with E-state index in [9.17, 15) is 9.59 Å². The molecule has 1 amide bonds. The Hall–Kier alpha value is -2.04. The number of hydrogen-bond donors (Lipinski definition) is 2. The molecule has 2 aromatic rings. The van der Waals surface area contributed by atoms with Crippen LogP contribution in [0.5, 0.6) is 0 Å². The number of amides is 1. The number of nitrogens with one attached hydrogen (secondary N) is 2. The minimum atomic E-state index is -0.506. The maximum Gasteiger partial charge on any atom is 0.417 e. The summed E-state index contributed by atoms with van der Waals surface area (Å²) in [6.45, 7) is 0. The number of hydrogen-bond acceptors (Lipinski definition) is 3. The zero-order valence-electron chi connectivity index (χ0n) is 12.0. The number of oxazole rings is 1. The summed E-state index contributed by atoms with van der Waals surface area (Å²) in [4.78, 5) is 25.9. The molecule has 5 nitrogen and oxygen atoms in total. The summed E-state index contributed by atoms with van der Waals surface area (Å²) in [6.07, 6.45) is 7.89. The van der Waals surface area contributed by atoms with Crippen LogP contribution < -0.4 is 11.1 Å². The predicted octanol–water partition coefficient (Wildman–Crippen LogP) is 3.42. The van der Waals surface area contributed by atoms with Crippen LogP contribution in [0.3, 0.4) is 0 Å². The van der Waals surface area contributed by atoms with E-state index in [1.54, 1.807) is 18.2 Å². The molecule has 1 saturated carbocycles. The first kappa shape index (κ1) is 13.9. The smallest absolute Gasteiger partial charge is 0.408 e. The Morgan fingerprint density at radius 1 is 1.29 bits per heavy atom. The van der Waals surface area contributed by atoms with Crippen LogP contribution in [0.1, 0.15) is 44.9 Å². The highest BCUT2D eigenvalue weighted by Crippen LogP contribution is 2.27. The van der Waals surface area contributed by atoms with Crippen LogP contribution >= 0.6 is 0 Å². The summed E-state index contributed by atoms with van der Waals surface area (Å²) in [5.74, 6) is 0.179. The molecule has 21 heavy (non-hydrogen) atoms. The molecule has 1 aromatic heterocycles. The van der Waals surface area contributed by atoms with Gasteiger partial charge in [-0.25, -0.2) is 4.79 Å². The third-order valence-corrected chi connectivity index (χ3v) is 4.23. The Balaban J connectivity index is 1.62. The quantitative estimate of drug-likeness (QED) is 0.905. The molecule has 0 radical (unpaired) electrons. The van der Waals surface area contributed by atoms with E-state index in [2.05, 4.69) is 10.3 Å². The highest BCUT2D eigenvalue weighted by atomic mass is 16.4. The molecule has 3 rings (SSSR count). The van der Waals surface area contributed by atoms with Crippen LogP contribution in [-0.2, 0) is 4.79 Å². The second kappa shape index (κ2) is 6.16. The summed E-state index contributed by atoms with van der Waals surface area (Å²) < 4.78 is 4.98. The summed E-state index contributed by atoms with van der Waals surface area (Å²) in [7, 11) is 0. The van der Waals surface area contributed by atoms with Gasteiger partial charge in [0.2, 0.25) is 5.91 Å². The van der Waals surface area contributed by atoms with Crippen LogP contribution in [0, 0.1) is 5.92 Å². The predicted molar refractivity (Wildman–Crippen MR) is 81.3 cm³/mol. The van der Waals surface area contributed by atoms with Crippen LogP contribution in [0.2, 0.25) is 0 Å². The lowest BCUT2D eigenvalue weighted by Crippen LogP contribution is -2.15. The average Bonchev–Trinajstić information content (AvgIpc) is 2.88. The van der Waals surface area contributed by atoms with Gasteiger partial charge in [-0.3, -0.25) is 9.78 Å². The van der Waals surface area contributed by atoms with Gasteiger partial charge in [-0.15, -0.1) is 0 Å². The third-order valence-electron chi connectivity index (χ3n) is 4.23. The molecular weight excluding hydrogens is 268 g/mol. The normalized spacial score (nSPS) is 16.2. The molecule has 112 valence electrons. The SMILES string of the molecule is O=C(CCC1CCCCC1)Nc1cccc2oc(=O)[nH]c12. The summed E-state index contributed by atoms with van der Waals surface area (Å²) in [6, 6.07) is 5.23. The minimum Gasteiger partial charge on any atom is -0.408 e. The van der Waals surface area contributed by atoms with Gasteiger partial charge in [-0.1, -0.05) is 38.2 Å². The van der Waals surface area contributed by atoms with E-state index in [0.29, 0.717) is 29.1 Å². The van der Waals surface area contributed by atoms with Crippen molar-refractivity contribution < 1.29 is 9.21 Å². The number of aromatic nitrogens is 1. The Labute approximate surface area is 122 Å². The fourth-order valence-electron chi connectivity index (χ4n) is 3.10. The lowest BCUT2D eigenvalue weighted by molar-refractivity contribution is -0.116. The number of anilines is 1. The molecule has 0 saturated heterocycles. The largest absolute Gasteiger partial charge is 0.417 e. The van der Waals surface area contributed by atoms with Crippen molar-refractivity contribution in [2.24, 2.45) is 5.92 Å². The molecule has 2 N–H and O–H groups in total. The van der Waals surface area contributed by atoms with E-state index in [1.807, 2.05) is 0 Å². The monoisotopic (exact) mass is 288 g/mol. The molecular formula is C16H20N2O3. The topological polar surface area (TPSA) is 75.1 Å². The number of fused-ring (bicyclic) bond motifs is 1. The van der Waals surface area contributed by atoms with Crippen molar-refractivity contribution in [3.05, 3.63) is 28.7 Å². The number of carbonyl (C=O) groups is 1. The Bertz CT molecular complexity index is 680. The Kier molecular flexibility index (Phi) is 4.08. The van der Waals surface area contributed by atoms with Crippen LogP contribution in [0.25, 0.3) is 11.1 Å². The van der Waals surface area contributed by atoms with Crippen molar-refractivity contribution in [1.82, 2.24) is 4.98 Å². The van der Waals surface area contributed by atoms with Crippen LogP contribution in [0.15, 0.2) is 27.4 Å². The second-order valence-electron chi connectivity index (χ2n) is 5.78. The molecule has 1 aliphatic carbocycles. The van der Waals surface area contributed by atoms with E-state index in [-0.39, 0.29) is 5.91 Å². The molecule has 0 atom stereocenters. The van der Waals surface area contributed by atoms with Gasteiger partial charge in [0.25, 0.3) is 0 Å². The number of H-pyrrole nitrogens is 1. The average molecular weight is 288 g/mol. The lowest BCUT2D eigenvalue weighted by Gasteiger charge is -2.20. The fourth-order valence-corrected chi connectivity index (χ4v) is 3.10. The molecule has 5 heteroatoms. The minimum absolute atomic E-state index is 0.00452. The molecule has 0 unspecified atom stereocenters. The van der Waals surface area contributed by atoms with Crippen molar-refractivity contribution in [2.45, 2.75) is 44.9 Å². The van der Waals surface area contributed by atoms with Crippen molar-refractivity contribution in [3.8, 4) is 0 Å². The van der Waals surface area contributed by atoms with Crippen molar-refractivity contribution in [2.75, 3.05) is 5.32 Å². The molecule has 0 aliphatic heterocycles. The van der Waals surface area contributed by atoms with E-state index in [0.717, 1.165) is 6.42 Å². The number of rotatable bonds is 4. The lowest BCUT2D eigenvalue weighted by atomic mass is 9.86. The fraction of sp³-hybridized carbons (Fsp3) is 0.500. The van der Waals surface area contributed by atoms with Gasteiger partial charge in [-0.05, 0) is 24.5 Å². The number of carbonyl (C=O) groups excluding carboxylic acids is 1. The zero-order chi connectivity index (χ0) is 14.7. The number of aromatic amines is 1. The van der Waals surface area contributed by atoms with Gasteiger partial charge in [0.1, 0.15) is 5.52 Å². The van der Waals surface area contributed by atoms with E-state index in [4.69, 9.17) is 4.42 Å². The summed E-state index contributed by atoms with van der Waals surface area (Å²) in [5, 5.41) is 2.87. The third kappa shape index (κ3) is 3.35. The second-order valence-corrected chi connectivity index (χ2v) is 5.78. The van der Waals surface area contributed by atoms with Crippen molar-refractivity contribution in [1.29, 1.82) is 0 Å². The van der Waals surface area contributed by atoms with E-state index >= 15 is 0 Å². The van der Waals surface area contributed by atoms with Gasteiger partial charge in [0.15, 0.2) is 5.58 Å². The molecule has 1 aliphatic rings. The van der Waals surface area contributed by atoms with Gasteiger partial charge in [-0.2, -0.15) is 0 Å². The molecule has 1 fully saturated rings. The van der Waals surface area contributed by atoms with E-state index in [1.165, 1.54) is 32.1 Å². The molecule has 0 bridgehead atoms. The molecule has 1 heterocycles. The first-order chi connectivity index (χ1) is 10.2. The highest BCUT2D eigenvalue weighted by Gasteiger charge is 2.15. The van der Waals surface area contributed by atoms with Gasteiger partial charge < -0.3 is 9.73 Å². The van der Waals surface area contributed by atoms with Gasteiger partial charge in [0, 0.05) is 6.42 Å². The zero-order valence-corrected chi connectivity index (χ0v) is 12.0. The van der Waals surface area contributed by atoms with Crippen LogP contribution in [-0.4, -0.2) is 10.9 Å².